The van der Waals surface area contributed by atoms with Crippen LogP contribution in [0.4, 0.5) is 8.78 Å². The van der Waals surface area contributed by atoms with Gasteiger partial charge in [-0.1, -0.05) is 31.1 Å². The molecule has 0 spiro atoms. The highest BCUT2D eigenvalue weighted by molar-refractivity contribution is 5.17. The molecule has 25 heavy (non-hydrogen) atoms. The maximum atomic E-state index is 13.3. The maximum absolute atomic E-state index is 13.3. The summed E-state index contributed by atoms with van der Waals surface area (Å²) in [5.74, 6) is 2.03. The quantitative estimate of drug-likeness (QED) is 0.499. The third-order valence-electron chi connectivity index (χ3n) is 6.66. The Hall–Kier alpha value is -1.18. The summed E-state index contributed by atoms with van der Waals surface area (Å²) in [7, 11) is 0. The minimum atomic E-state index is -0.742. The molecule has 0 unspecified atom stereocenters. The van der Waals surface area contributed by atoms with E-state index in [-0.39, 0.29) is 0 Å². The minimum absolute atomic E-state index is 0.713. The van der Waals surface area contributed by atoms with E-state index >= 15 is 0 Å². The zero-order chi connectivity index (χ0) is 17.6. The highest BCUT2D eigenvalue weighted by atomic mass is 19.2. The van der Waals surface area contributed by atoms with Crippen molar-refractivity contribution in [2.45, 2.75) is 71.1 Å². The smallest absolute Gasteiger partial charge is 0.159 e. The van der Waals surface area contributed by atoms with E-state index in [2.05, 4.69) is 19.1 Å². The summed E-state index contributed by atoms with van der Waals surface area (Å²) in [6, 6.07) is 4.35. The summed E-state index contributed by atoms with van der Waals surface area (Å²) in [6.07, 6.45) is 17.6. The first-order valence-electron chi connectivity index (χ1n) is 10.2. The van der Waals surface area contributed by atoms with Crippen LogP contribution < -0.4 is 0 Å². The van der Waals surface area contributed by atoms with Crippen LogP contribution in [-0.4, -0.2) is 0 Å². The second-order valence-electron chi connectivity index (χ2n) is 8.27. The van der Waals surface area contributed by atoms with Crippen LogP contribution in [0.25, 0.3) is 0 Å². The SMILES string of the molecule is CC=CC1CCC(C2CCC(CCc3ccc(F)c(F)c3)CC2)CC1. The van der Waals surface area contributed by atoms with Crippen LogP contribution in [-0.2, 0) is 6.42 Å². The van der Waals surface area contributed by atoms with Crippen LogP contribution in [0.3, 0.4) is 0 Å². The van der Waals surface area contributed by atoms with Gasteiger partial charge in [0.05, 0.1) is 0 Å². The van der Waals surface area contributed by atoms with E-state index in [0.29, 0.717) is 0 Å². The molecule has 2 heteroatoms. The molecule has 2 saturated carbocycles. The van der Waals surface area contributed by atoms with Crippen LogP contribution in [0.2, 0.25) is 0 Å². The monoisotopic (exact) mass is 346 g/mol. The molecule has 0 amide bonds. The van der Waals surface area contributed by atoms with E-state index in [1.54, 1.807) is 6.07 Å². The molecule has 1 aromatic rings. The van der Waals surface area contributed by atoms with Crippen LogP contribution in [0.1, 0.15) is 70.3 Å². The van der Waals surface area contributed by atoms with Gasteiger partial charge in [-0.25, -0.2) is 8.78 Å². The van der Waals surface area contributed by atoms with Crippen molar-refractivity contribution in [1.82, 2.24) is 0 Å². The van der Waals surface area contributed by atoms with Gasteiger partial charge < -0.3 is 0 Å². The average molecular weight is 347 g/mol. The van der Waals surface area contributed by atoms with Gasteiger partial charge in [0, 0.05) is 0 Å². The van der Waals surface area contributed by atoms with Crippen LogP contribution in [0, 0.1) is 35.3 Å². The van der Waals surface area contributed by atoms with Crippen molar-refractivity contribution in [2.24, 2.45) is 23.7 Å². The molecule has 3 rings (SSSR count). The van der Waals surface area contributed by atoms with Gasteiger partial charge in [0.15, 0.2) is 11.6 Å². The molecule has 2 aliphatic rings. The third kappa shape index (κ3) is 5.15. The molecule has 0 aliphatic heterocycles. The van der Waals surface area contributed by atoms with Crippen LogP contribution >= 0.6 is 0 Å². The predicted octanol–water partition coefficient (Wildman–Crippen LogP) is 7.09. The summed E-state index contributed by atoms with van der Waals surface area (Å²) >= 11 is 0. The highest BCUT2D eigenvalue weighted by Gasteiger charge is 2.30. The van der Waals surface area contributed by atoms with Gasteiger partial charge in [-0.05, 0) is 99.7 Å². The zero-order valence-corrected chi connectivity index (χ0v) is 15.5. The lowest BCUT2D eigenvalue weighted by atomic mass is 9.68. The fourth-order valence-electron chi connectivity index (χ4n) is 5.10. The maximum Gasteiger partial charge on any atom is 0.159 e. The molecule has 0 heterocycles. The van der Waals surface area contributed by atoms with Crippen molar-refractivity contribution in [1.29, 1.82) is 0 Å². The molecule has 138 valence electrons. The summed E-state index contributed by atoms with van der Waals surface area (Å²) < 4.78 is 26.3. The van der Waals surface area contributed by atoms with Crippen molar-refractivity contribution >= 4 is 0 Å². The lowest BCUT2D eigenvalue weighted by molar-refractivity contribution is 0.152. The van der Waals surface area contributed by atoms with Crippen molar-refractivity contribution < 1.29 is 8.78 Å². The van der Waals surface area contributed by atoms with Crippen LogP contribution in [0.5, 0.6) is 0 Å². The molecule has 2 aliphatic carbocycles. The number of hydrogen-bond donors (Lipinski definition) is 0. The van der Waals surface area contributed by atoms with Gasteiger partial charge in [-0.2, -0.15) is 0 Å². The number of halogens is 2. The topological polar surface area (TPSA) is 0 Å². The largest absolute Gasteiger partial charge is 0.204 e. The van der Waals surface area contributed by atoms with Gasteiger partial charge in [0.1, 0.15) is 0 Å². The van der Waals surface area contributed by atoms with E-state index in [1.165, 1.54) is 63.5 Å². The third-order valence-corrected chi connectivity index (χ3v) is 6.66. The molecule has 0 N–H and O–H groups in total. The highest BCUT2D eigenvalue weighted by Crippen LogP contribution is 2.42. The Kier molecular flexibility index (Phi) is 6.67. The van der Waals surface area contributed by atoms with Crippen molar-refractivity contribution in [3.05, 3.63) is 47.5 Å². The van der Waals surface area contributed by atoms with Crippen molar-refractivity contribution in [3.63, 3.8) is 0 Å². The van der Waals surface area contributed by atoms with Gasteiger partial charge >= 0.3 is 0 Å². The van der Waals surface area contributed by atoms with E-state index < -0.39 is 11.6 Å². The summed E-state index contributed by atoms with van der Waals surface area (Å²) in [4.78, 5) is 0. The molecule has 2 fully saturated rings. The van der Waals surface area contributed by atoms with Gasteiger partial charge in [-0.15, -0.1) is 0 Å². The zero-order valence-electron chi connectivity index (χ0n) is 15.5. The molecule has 0 atom stereocenters. The average Bonchev–Trinajstić information content (AvgIpc) is 2.64. The van der Waals surface area contributed by atoms with E-state index in [0.717, 1.165) is 42.1 Å². The Morgan fingerprint density at radius 2 is 1.52 bits per heavy atom. The number of aryl methyl sites for hydroxylation is 1. The Balaban J connectivity index is 1.39. The van der Waals surface area contributed by atoms with Crippen molar-refractivity contribution in [3.8, 4) is 0 Å². The molecular weight excluding hydrogens is 314 g/mol. The fourth-order valence-corrected chi connectivity index (χ4v) is 5.10. The molecule has 0 bridgehead atoms. The number of benzene rings is 1. The Labute approximate surface area is 151 Å². The fraction of sp³-hybridized carbons (Fsp3) is 0.652. The Morgan fingerprint density at radius 1 is 0.880 bits per heavy atom. The van der Waals surface area contributed by atoms with E-state index in [1.807, 2.05) is 0 Å². The summed E-state index contributed by atoms with van der Waals surface area (Å²) in [5, 5.41) is 0. The standard InChI is InChI=1S/C23H32F2/c1-2-3-17-6-11-20(12-7-17)21-13-8-18(9-14-21)4-5-19-10-15-22(24)23(25)16-19/h2-3,10,15-18,20-21H,4-9,11-14H2,1H3. The summed E-state index contributed by atoms with van der Waals surface area (Å²) in [6.45, 7) is 2.13. The predicted molar refractivity (Wildman–Crippen MR) is 100 cm³/mol. The second kappa shape index (κ2) is 8.96. The van der Waals surface area contributed by atoms with Crippen LogP contribution in [0.15, 0.2) is 30.4 Å². The molecular formula is C23H32F2. The summed E-state index contributed by atoms with van der Waals surface area (Å²) in [5.41, 5.74) is 0.934. The number of hydrogen-bond acceptors (Lipinski definition) is 0. The Morgan fingerprint density at radius 3 is 2.12 bits per heavy atom. The first kappa shape index (κ1) is 18.6. The molecule has 1 aromatic carbocycles. The van der Waals surface area contributed by atoms with Gasteiger partial charge in [0.2, 0.25) is 0 Å². The first-order valence-corrected chi connectivity index (χ1v) is 10.2. The second-order valence-corrected chi connectivity index (χ2v) is 8.27. The van der Waals surface area contributed by atoms with E-state index in [4.69, 9.17) is 0 Å². The minimum Gasteiger partial charge on any atom is -0.204 e. The number of allylic oxidation sites excluding steroid dienone is 2. The molecule has 0 saturated heterocycles. The molecule has 0 aromatic heterocycles. The normalized spacial score (nSPS) is 30.7. The van der Waals surface area contributed by atoms with Gasteiger partial charge in [-0.3, -0.25) is 0 Å². The lowest BCUT2D eigenvalue weighted by Gasteiger charge is -2.37. The van der Waals surface area contributed by atoms with E-state index in [9.17, 15) is 8.78 Å². The van der Waals surface area contributed by atoms with Gasteiger partial charge in [0.25, 0.3) is 0 Å². The number of rotatable bonds is 5. The molecule has 0 radical (unpaired) electrons. The van der Waals surface area contributed by atoms with Crippen molar-refractivity contribution in [2.75, 3.05) is 0 Å². The lowest BCUT2D eigenvalue weighted by Crippen LogP contribution is -2.25. The molecule has 0 nitrogen and oxygen atoms in total. The Bertz CT molecular complexity index is 561. The first-order chi connectivity index (χ1) is 12.2.